The second-order valence-corrected chi connectivity index (χ2v) is 7.91. The van der Waals surface area contributed by atoms with E-state index < -0.39 is 0 Å². The number of guanidine groups is 1. The van der Waals surface area contributed by atoms with E-state index in [-0.39, 0.29) is 0 Å². The third kappa shape index (κ3) is 5.15. The van der Waals surface area contributed by atoms with Crippen LogP contribution < -0.4 is 5.32 Å². The average Bonchev–Trinajstić information content (AvgIpc) is 3.39. The summed E-state index contributed by atoms with van der Waals surface area (Å²) in [7, 11) is 0. The quantitative estimate of drug-likeness (QED) is 0.576. The lowest BCUT2D eigenvalue weighted by Crippen LogP contribution is -2.40. The van der Waals surface area contributed by atoms with E-state index in [0.29, 0.717) is 19.1 Å². The molecule has 1 aromatic heterocycles. The molecule has 2 aromatic rings. The molecule has 1 N–H and O–H groups in total. The minimum absolute atomic E-state index is 0.545. The Balaban J connectivity index is 1.30. The molecule has 1 unspecified atom stereocenters. The fourth-order valence-electron chi connectivity index (χ4n) is 4.14. The molecule has 0 amide bonds. The van der Waals surface area contributed by atoms with Gasteiger partial charge in [0.1, 0.15) is 12.4 Å². The van der Waals surface area contributed by atoms with Crippen LogP contribution in [0.25, 0.3) is 0 Å². The summed E-state index contributed by atoms with van der Waals surface area (Å²) in [6.45, 7) is 8.07. The lowest BCUT2D eigenvalue weighted by Gasteiger charge is -2.22. The Labute approximate surface area is 173 Å². The van der Waals surface area contributed by atoms with Crippen LogP contribution in [-0.4, -0.2) is 51.9 Å². The first kappa shape index (κ1) is 19.9. The molecule has 0 bridgehead atoms. The molecule has 1 fully saturated rings. The highest BCUT2D eigenvalue weighted by atomic mass is 16.5. The van der Waals surface area contributed by atoms with Gasteiger partial charge in [-0.15, -0.1) is 10.2 Å². The predicted molar refractivity (Wildman–Crippen MR) is 114 cm³/mol. The number of hydrogen-bond donors (Lipinski definition) is 1. The lowest BCUT2D eigenvalue weighted by molar-refractivity contribution is 0.0906. The van der Waals surface area contributed by atoms with Gasteiger partial charge in [0, 0.05) is 38.5 Å². The van der Waals surface area contributed by atoms with Gasteiger partial charge in [-0.2, -0.15) is 0 Å². The van der Waals surface area contributed by atoms with Gasteiger partial charge in [0.05, 0.1) is 13.2 Å². The van der Waals surface area contributed by atoms with Crippen molar-refractivity contribution in [1.82, 2.24) is 25.0 Å². The van der Waals surface area contributed by atoms with Gasteiger partial charge in [0.25, 0.3) is 0 Å². The summed E-state index contributed by atoms with van der Waals surface area (Å²) in [5, 5.41) is 12.2. The molecule has 1 saturated heterocycles. The van der Waals surface area contributed by atoms with Crippen LogP contribution in [0, 0.1) is 5.92 Å². The van der Waals surface area contributed by atoms with E-state index in [4.69, 9.17) is 9.73 Å². The number of aryl methyl sites for hydroxylation is 1. The Bertz CT molecular complexity index is 803. The SMILES string of the molecule is CCNC(=NCc1nnc2n1CCCC2)N1CCC(COCc2ccccc2)C1. The van der Waals surface area contributed by atoms with Crippen LogP contribution in [0.4, 0.5) is 0 Å². The maximum Gasteiger partial charge on any atom is 0.194 e. The van der Waals surface area contributed by atoms with E-state index in [1.165, 1.54) is 18.4 Å². The van der Waals surface area contributed by atoms with Gasteiger partial charge in [-0.1, -0.05) is 30.3 Å². The van der Waals surface area contributed by atoms with Crippen LogP contribution in [-0.2, 0) is 30.9 Å². The van der Waals surface area contributed by atoms with Gasteiger partial charge < -0.3 is 19.5 Å². The average molecular weight is 397 g/mol. The van der Waals surface area contributed by atoms with E-state index in [2.05, 4.69) is 56.2 Å². The normalized spacial score (nSPS) is 19.4. The van der Waals surface area contributed by atoms with E-state index >= 15 is 0 Å². The minimum Gasteiger partial charge on any atom is -0.376 e. The van der Waals surface area contributed by atoms with Crippen molar-refractivity contribution in [3.63, 3.8) is 0 Å². The molecule has 0 saturated carbocycles. The first-order chi connectivity index (χ1) is 14.3. The summed E-state index contributed by atoms with van der Waals surface area (Å²) in [6.07, 6.45) is 4.59. The summed E-state index contributed by atoms with van der Waals surface area (Å²) < 4.78 is 8.21. The number of fused-ring (bicyclic) bond motifs is 1. The summed E-state index contributed by atoms with van der Waals surface area (Å²) in [5.74, 6) is 3.62. The Kier molecular flexibility index (Phi) is 6.77. The molecule has 0 spiro atoms. The highest BCUT2D eigenvalue weighted by Gasteiger charge is 2.25. The molecular formula is C22H32N6O. The summed E-state index contributed by atoms with van der Waals surface area (Å²) in [6, 6.07) is 10.4. The van der Waals surface area contributed by atoms with E-state index in [9.17, 15) is 0 Å². The Hall–Kier alpha value is -2.41. The lowest BCUT2D eigenvalue weighted by atomic mass is 10.1. The van der Waals surface area contributed by atoms with Crippen molar-refractivity contribution in [2.75, 3.05) is 26.2 Å². The molecule has 7 heteroatoms. The minimum atomic E-state index is 0.545. The number of rotatable bonds is 7. The van der Waals surface area contributed by atoms with Crippen LogP contribution in [0.2, 0.25) is 0 Å². The largest absolute Gasteiger partial charge is 0.376 e. The predicted octanol–water partition coefficient (Wildman–Crippen LogP) is 2.62. The third-order valence-corrected chi connectivity index (χ3v) is 5.69. The standard InChI is InChI=1S/C22H32N6O/c1-2-23-22(24-14-21-26-25-20-10-6-7-12-28(20)21)27-13-11-19(15-27)17-29-16-18-8-4-3-5-9-18/h3-5,8-9,19H,2,6-7,10-17H2,1H3,(H,23,24). The Morgan fingerprint density at radius 3 is 2.97 bits per heavy atom. The Morgan fingerprint density at radius 1 is 1.21 bits per heavy atom. The molecule has 2 aliphatic rings. The number of ether oxygens (including phenoxy) is 1. The van der Waals surface area contributed by atoms with Gasteiger partial charge in [-0.3, -0.25) is 0 Å². The molecule has 1 aromatic carbocycles. The van der Waals surface area contributed by atoms with Crippen LogP contribution in [0.3, 0.4) is 0 Å². The summed E-state index contributed by atoms with van der Waals surface area (Å²) >= 11 is 0. The van der Waals surface area contributed by atoms with Crippen LogP contribution in [0.15, 0.2) is 35.3 Å². The van der Waals surface area contributed by atoms with Crippen molar-refractivity contribution in [3.05, 3.63) is 47.5 Å². The van der Waals surface area contributed by atoms with Crippen LogP contribution in [0.1, 0.15) is 43.4 Å². The fraction of sp³-hybridized carbons (Fsp3) is 0.591. The summed E-state index contributed by atoms with van der Waals surface area (Å²) in [4.78, 5) is 7.23. The zero-order chi connectivity index (χ0) is 19.9. The molecule has 156 valence electrons. The van der Waals surface area contributed by atoms with E-state index in [0.717, 1.165) is 63.2 Å². The van der Waals surface area contributed by atoms with Crippen molar-refractivity contribution in [2.45, 2.75) is 52.3 Å². The monoisotopic (exact) mass is 396 g/mol. The van der Waals surface area contributed by atoms with E-state index in [1.807, 2.05) is 6.07 Å². The Morgan fingerprint density at radius 2 is 2.10 bits per heavy atom. The van der Waals surface area contributed by atoms with E-state index in [1.54, 1.807) is 0 Å². The highest BCUT2D eigenvalue weighted by Crippen LogP contribution is 2.18. The van der Waals surface area contributed by atoms with Gasteiger partial charge in [0.2, 0.25) is 0 Å². The zero-order valence-electron chi connectivity index (χ0n) is 17.4. The second-order valence-electron chi connectivity index (χ2n) is 7.91. The number of aromatic nitrogens is 3. The number of nitrogens with zero attached hydrogens (tertiary/aromatic N) is 5. The van der Waals surface area contributed by atoms with Crippen molar-refractivity contribution in [3.8, 4) is 0 Å². The molecule has 2 aliphatic heterocycles. The maximum absolute atomic E-state index is 5.96. The molecule has 4 rings (SSSR count). The van der Waals surface area contributed by atoms with Crippen molar-refractivity contribution in [1.29, 1.82) is 0 Å². The molecule has 1 atom stereocenters. The first-order valence-corrected chi connectivity index (χ1v) is 10.9. The van der Waals surface area contributed by atoms with Crippen LogP contribution in [0.5, 0.6) is 0 Å². The van der Waals surface area contributed by atoms with Crippen molar-refractivity contribution < 1.29 is 4.74 Å². The highest BCUT2D eigenvalue weighted by molar-refractivity contribution is 5.80. The number of benzene rings is 1. The second kappa shape index (κ2) is 9.87. The molecular weight excluding hydrogens is 364 g/mol. The van der Waals surface area contributed by atoms with Gasteiger partial charge in [-0.25, -0.2) is 4.99 Å². The fourth-order valence-corrected chi connectivity index (χ4v) is 4.14. The molecule has 3 heterocycles. The van der Waals surface area contributed by atoms with Crippen molar-refractivity contribution >= 4 is 5.96 Å². The van der Waals surface area contributed by atoms with Gasteiger partial charge in [-0.05, 0) is 31.7 Å². The van der Waals surface area contributed by atoms with Gasteiger partial charge >= 0.3 is 0 Å². The van der Waals surface area contributed by atoms with Crippen molar-refractivity contribution in [2.24, 2.45) is 10.9 Å². The topological polar surface area (TPSA) is 67.6 Å². The first-order valence-electron chi connectivity index (χ1n) is 10.9. The molecule has 7 nitrogen and oxygen atoms in total. The number of nitrogens with one attached hydrogen (secondary N) is 1. The number of aliphatic imine (C=N–C) groups is 1. The smallest absolute Gasteiger partial charge is 0.194 e. The third-order valence-electron chi connectivity index (χ3n) is 5.69. The zero-order valence-corrected chi connectivity index (χ0v) is 17.4. The molecule has 0 radical (unpaired) electrons. The molecule has 0 aliphatic carbocycles. The maximum atomic E-state index is 5.96. The number of likely N-dealkylation sites (tertiary alicyclic amines) is 1. The van der Waals surface area contributed by atoms with Gasteiger partial charge in [0.15, 0.2) is 11.8 Å². The molecule has 29 heavy (non-hydrogen) atoms. The number of hydrogen-bond acceptors (Lipinski definition) is 4. The summed E-state index contributed by atoms with van der Waals surface area (Å²) in [5.41, 5.74) is 1.23. The van der Waals surface area contributed by atoms with Crippen LogP contribution >= 0.6 is 0 Å².